The number of rotatable bonds is 6. The molecule has 2 aromatic carbocycles. The molecule has 5 nitrogen and oxygen atoms in total. The number of nitrogens with zero attached hydrogens (tertiary/aromatic N) is 3. The highest BCUT2D eigenvalue weighted by atomic mass is 32.2. The summed E-state index contributed by atoms with van der Waals surface area (Å²) in [5, 5.41) is 10.5. The molecule has 2 aromatic heterocycles. The minimum atomic E-state index is -0.322. The van der Waals surface area contributed by atoms with E-state index in [0.29, 0.717) is 17.3 Å². The average Bonchev–Trinajstić information content (AvgIpc) is 3.05. The Morgan fingerprint density at radius 2 is 1.87 bits per heavy atom. The van der Waals surface area contributed by atoms with Gasteiger partial charge >= 0.3 is 5.63 Å². The van der Waals surface area contributed by atoms with Crippen LogP contribution in [0.2, 0.25) is 0 Å². The van der Waals surface area contributed by atoms with Gasteiger partial charge in [0, 0.05) is 30.7 Å². The zero-order chi connectivity index (χ0) is 21.3. The van der Waals surface area contributed by atoms with Gasteiger partial charge in [-0.3, -0.25) is 0 Å². The summed E-state index contributed by atoms with van der Waals surface area (Å²) >= 11 is 1.58. The second-order valence-electron chi connectivity index (χ2n) is 7.86. The Morgan fingerprint density at radius 3 is 2.60 bits per heavy atom. The lowest BCUT2D eigenvalue weighted by Gasteiger charge is -2.13. The molecule has 0 aliphatic rings. The Labute approximate surface area is 180 Å². The molecular formula is C24H25N3O2S. The van der Waals surface area contributed by atoms with Gasteiger partial charge in [0.2, 0.25) is 0 Å². The normalized spacial score (nSPS) is 11.5. The lowest BCUT2D eigenvalue weighted by molar-refractivity contribution is 0.559. The average molecular weight is 420 g/mol. The van der Waals surface area contributed by atoms with Crippen molar-refractivity contribution in [3.8, 4) is 0 Å². The molecule has 0 aliphatic carbocycles. The molecule has 0 aliphatic heterocycles. The van der Waals surface area contributed by atoms with E-state index in [-0.39, 0.29) is 5.63 Å². The summed E-state index contributed by atoms with van der Waals surface area (Å²) in [7, 11) is 1.98. The summed E-state index contributed by atoms with van der Waals surface area (Å²) in [6.07, 6.45) is 0.736. The molecule has 0 bridgehead atoms. The number of hydrogen-bond donors (Lipinski definition) is 0. The van der Waals surface area contributed by atoms with Gasteiger partial charge in [-0.25, -0.2) is 4.79 Å². The van der Waals surface area contributed by atoms with Crippen LogP contribution in [0.1, 0.15) is 47.8 Å². The van der Waals surface area contributed by atoms with Gasteiger partial charge in [0.05, 0.1) is 0 Å². The van der Waals surface area contributed by atoms with Crippen LogP contribution in [0.5, 0.6) is 0 Å². The van der Waals surface area contributed by atoms with Crippen LogP contribution < -0.4 is 5.63 Å². The monoisotopic (exact) mass is 419 g/mol. The molecular weight excluding hydrogens is 394 g/mol. The molecule has 4 rings (SSSR count). The Morgan fingerprint density at radius 1 is 1.10 bits per heavy atom. The first kappa shape index (κ1) is 20.4. The number of hydrogen-bond acceptors (Lipinski definition) is 5. The SMILES string of the molecule is Cc1cc2oc(=O)cc(CSc3nnc(Cc4ccccc4)n3C)c2cc1C(C)C. The highest BCUT2D eigenvalue weighted by Crippen LogP contribution is 2.30. The Bertz CT molecular complexity index is 1240. The first-order chi connectivity index (χ1) is 14.4. The molecule has 6 heteroatoms. The van der Waals surface area contributed by atoms with Crippen LogP contribution in [0.25, 0.3) is 11.0 Å². The van der Waals surface area contributed by atoms with E-state index in [1.165, 1.54) is 11.1 Å². The smallest absolute Gasteiger partial charge is 0.336 e. The minimum absolute atomic E-state index is 0.322. The summed E-state index contributed by atoms with van der Waals surface area (Å²) in [5.74, 6) is 1.94. The maximum atomic E-state index is 12.1. The highest BCUT2D eigenvalue weighted by Gasteiger charge is 2.14. The van der Waals surface area contributed by atoms with Crippen molar-refractivity contribution in [2.24, 2.45) is 7.05 Å². The van der Waals surface area contributed by atoms with Crippen LogP contribution in [-0.4, -0.2) is 14.8 Å². The van der Waals surface area contributed by atoms with Crippen molar-refractivity contribution in [2.45, 2.75) is 44.0 Å². The van der Waals surface area contributed by atoms with Gasteiger partial charge in [-0.05, 0) is 47.2 Å². The third kappa shape index (κ3) is 4.19. The van der Waals surface area contributed by atoms with Gasteiger partial charge in [0.1, 0.15) is 11.4 Å². The van der Waals surface area contributed by atoms with Crippen molar-refractivity contribution >= 4 is 22.7 Å². The highest BCUT2D eigenvalue weighted by molar-refractivity contribution is 7.98. The van der Waals surface area contributed by atoms with E-state index in [1.54, 1.807) is 17.8 Å². The fourth-order valence-corrected chi connectivity index (χ4v) is 4.60. The van der Waals surface area contributed by atoms with Gasteiger partial charge in [-0.2, -0.15) is 0 Å². The fourth-order valence-electron chi connectivity index (χ4n) is 3.68. The van der Waals surface area contributed by atoms with E-state index in [1.807, 2.05) is 35.9 Å². The van der Waals surface area contributed by atoms with Gasteiger partial charge < -0.3 is 8.98 Å². The second kappa shape index (κ2) is 8.48. The van der Waals surface area contributed by atoms with E-state index in [0.717, 1.165) is 33.9 Å². The minimum Gasteiger partial charge on any atom is -0.423 e. The lowest BCUT2D eigenvalue weighted by Crippen LogP contribution is -2.03. The molecule has 0 radical (unpaired) electrons. The number of fused-ring (bicyclic) bond motifs is 1. The van der Waals surface area contributed by atoms with E-state index >= 15 is 0 Å². The third-order valence-electron chi connectivity index (χ3n) is 5.33. The quantitative estimate of drug-likeness (QED) is 0.316. The van der Waals surface area contributed by atoms with Crippen LogP contribution in [0.15, 0.2) is 62.9 Å². The summed E-state index contributed by atoms with van der Waals surface area (Å²) in [6.45, 7) is 6.41. The van der Waals surface area contributed by atoms with Gasteiger partial charge in [0.15, 0.2) is 5.16 Å². The first-order valence-electron chi connectivity index (χ1n) is 10.0. The van der Waals surface area contributed by atoms with Crippen LogP contribution in [0, 0.1) is 6.92 Å². The Kier molecular flexibility index (Phi) is 5.77. The van der Waals surface area contributed by atoms with E-state index in [2.05, 4.69) is 49.2 Å². The maximum absolute atomic E-state index is 12.1. The van der Waals surface area contributed by atoms with Crippen LogP contribution in [0.3, 0.4) is 0 Å². The number of thioether (sulfide) groups is 1. The molecule has 0 saturated heterocycles. The molecule has 30 heavy (non-hydrogen) atoms. The molecule has 0 amide bonds. The molecule has 154 valence electrons. The molecule has 2 heterocycles. The van der Waals surface area contributed by atoms with Crippen LogP contribution >= 0.6 is 11.8 Å². The molecule has 0 atom stereocenters. The molecule has 0 spiro atoms. The van der Waals surface area contributed by atoms with Crippen LogP contribution in [0.4, 0.5) is 0 Å². The third-order valence-corrected chi connectivity index (χ3v) is 6.39. The van der Waals surface area contributed by atoms with Crippen molar-refractivity contribution < 1.29 is 4.42 Å². The Hall–Kier alpha value is -2.86. The molecule has 0 N–H and O–H groups in total. The predicted molar refractivity (Wildman–Crippen MR) is 121 cm³/mol. The standard InChI is InChI=1S/C24H25N3O2S/c1-15(2)19-13-20-18(12-23(28)29-21(20)10-16(19)3)14-30-24-26-25-22(27(24)4)11-17-8-6-5-7-9-17/h5-10,12-13,15H,11,14H2,1-4H3. The number of aryl methyl sites for hydroxylation is 1. The van der Waals surface area contributed by atoms with Gasteiger partial charge in [-0.1, -0.05) is 55.9 Å². The summed E-state index contributed by atoms with van der Waals surface area (Å²) in [4.78, 5) is 12.1. The van der Waals surface area contributed by atoms with E-state index < -0.39 is 0 Å². The number of aromatic nitrogens is 3. The Balaban J connectivity index is 1.61. The molecule has 0 unspecified atom stereocenters. The van der Waals surface area contributed by atoms with Crippen LogP contribution in [-0.2, 0) is 19.2 Å². The largest absolute Gasteiger partial charge is 0.423 e. The second-order valence-corrected chi connectivity index (χ2v) is 8.80. The van der Waals surface area contributed by atoms with E-state index in [9.17, 15) is 4.79 Å². The van der Waals surface area contributed by atoms with Gasteiger partial charge in [0.25, 0.3) is 0 Å². The van der Waals surface area contributed by atoms with Crippen molar-refractivity contribution in [3.05, 3.63) is 87.0 Å². The van der Waals surface area contributed by atoms with Gasteiger partial charge in [-0.15, -0.1) is 10.2 Å². The van der Waals surface area contributed by atoms with Crippen molar-refractivity contribution in [2.75, 3.05) is 0 Å². The predicted octanol–water partition coefficient (Wildman–Crippen LogP) is 5.24. The van der Waals surface area contributed by atoms with Crippen molar-refractivity contribution in [1.82, 2.24) is 14.8 Å². The maximum Gasteiger partial charge on any atom is 0.336 e. The zero-order valence-corrected chi connectivity index (χ0v) is 18.5. The molecule has 4 aromatic rings. The summed E-state index contributed by atoms with van der Waals surface area (Å²) in [5.41, 5.74) is 4.89. The van der Waals surface area contributed by atoms with Crippen molar-refractivity contribution in [3.63, 3.8) is 0 Å². The van der Waals surface area contributed by atoms with E-state index in [4.69, 9.17) is 4.42 Å². The summed E-state index contributed by atoms with van der Waals surface area (Å²) in [6, 6.07) is 16.0. The number of benzene rings is 2. The first-order valence-corrected chi connectivity index (χ1v) is 11.0. The fraction of sp³-hybridized carbons (Fsp3) is 0.292. The lowest BCUT2D eigenvalue weighted by atomic mass is 9.95. The molecule has 0 saturated carbocycles. The summed E-state index contributed by atoms with van der Waals surface area (Å²) < 4.78 is 7.49. The van der Waals surface area contributed by atoms with Crippen molar-refractivity contribution in [1.29, 1.82) is 0 Å². The zero-order valence-electron chi connectivity index (χ0n) is 17.7. The molecule has 0 fully saturated rings. The topological polar surface area (TPSA) is 60.9 Å².